The minimum atomic E-state index is -0.176. The number of ether oxygens (including phenoxy) is 2. The molecule has 1 unspecified atom stereocenters. The maximum atomic E-state index is 12.4. The number of Topliss-reactive ketones (excluding diaryl/α,β-unsaturated/α-hetero) is 1. The Morgan fingerprint density at radius 3 is 2.53 bits per heavy atom. The highest BCUT2D eigenvalue weighted by atomic mass is 16.5. The number of carbonyl (C=O) groups excluding carboxylic acids is 1. The smallest absolute Gasteiger partial charge is 0.180 e. The van der Waals surface area contributed by atoms with Crippen LogP contribution in [0.5, 0.6) is 11.5 Å². The van der Waals surface area contributed by atoms with Gasteiger partial charge in [-0.3, -0.25) is 4.79 Å². The van der Waals surface area contributed by atoms with Gasteiger partial charge in [0.2, 0.25) is 0 Å². The van der Waals surface area contributed by atoms with Crippen molar-refractivity contribution >= 4 is 5.78 Å². The van der Waals surface area contributed by atoms with Crippen molar-refractivity contribution in [3.63, 3.8) is 0 Å². The van der Waals surface area contributed by atoms with Gasteiger partial charge in [0.25, 0.3) is 0 Å². The van der Waals surface area contributed by atoms with E-state index >= 15 is 0 Å². The predicted octanol–water partition coefficient (Wildman–Crippen LogP) is 2.27. The van der Waals surface area contributed by atoms with Crippen LogP contribution in [0.2, 0.25) is 0 Å². The van der Waals surface area contributed by atoms with Crippen LogP contribution in [0, 0.1) is 5.92 Å². The zero-order valence-electron chi connectivity index (χ0n) is 11.7. The van der Waals surface area contributed by atoms with E-state index in [1.165, 1.54) is 0 Å². The number of likely N-dealkylation sites (N-methyl/N-ethyl adjacent to an activating group) is 1. The number of fused-ring (bicyclic) bond motifs is 1. The first-order valence-electron chi connectivity index (χ1n) is 6.74. The Morgan fingerprint density at radius 1 is 1.21 bits per heavy atom. The molecule has 1 atom stereocenters. The molecule has 1 N–H and O–H groups in total. The number of nitrogens with one attached hydrogen (secondary N) is 1. The van der Waals surface area contributed by atoms with Crippen molar-refractivity contribution in [2.24, 2.45) is 5.92 Å². The molecule has 0 saturated carbocycles. The summed E-state index contributed by atoms with van der Waals surface area (Å²) in [5.41, 5.74) is 0.664. The van der Waals surface area contributed by atoms with Crippen LogP contribution in [-0.2, 0) is 0 Å². The van der Waals surface area contributed by atoms with Gasteiger partial charge in [0.05, 0.1) is 19.3 Å². The normalized spacial score (nSPS) is 16.0. The highest BCUT2D eigenvalue weighted by Gasteiger charge is 2.23. The molecule has 0 saturated heterocycles. The second kappa shape index (κ2) is 6.06. The fourth-order valence-corrected chi connectivity index (χ4v) is 2.26. The summed E-state index contributed by atoms with van der Waals surface area (Å²) < 4.78 is 11.2. The van der Waals surface area contributed by atoms with Crippen molar-refractivity contribution in [2.45, 2.75) is 26.3 Å². The summed E-state index contributed by atoms with van der Waals surface area (Å²) >= 11 is 0. The second-order valence-electron chi connectivity index (χ2n) is 5.09. The molecule has 1 aromatic carbocycles. The molecule has 0 fully saturated rings. The van der Waals surface area contributed by atoms with Crippen molar-refractivity contribution in [1.82, 2.24) is 5.32 Å². The Hall–Kier alpha value is -1.55. The topological polar surface area (TPSA) is 47.6 Å². The summed E-state index contributed by atoms with van der Waals surface area (Å²) in [5, 5.41) is 3.07. The Bertz CT molecular complexity index is 457. The number of rotatable bonds is 4. The van der Waals surface area contributed by atoms with Crippen molar-refractivity contribution in [1.29, 1.82) is 0 Å². The molecule has 2 rings (SSSR count). The molecular weight excluding hydrogens is 242 g/mol. The molecule has 0 aromatic heterocycles. The van der Waals surface area contributed by atoms with E-state index in [2.05, 4.69) is 5.32 Å². The molecule has 0 aliphatic carbocycles. The van der Waals surface area contributed by atoms with Crippen LogP contribution in [0.25, 0.3) is 0 Å². The number of carbonyl (C=O) groups is 1. The molecular formula is C15H21NO3. The lowest BCUT2D eigenvalue weighted by Gasteiger charge is -2.19. The first-order valence-corrected chi connectivity index (χ1v) is 6.74. The summed E-state index contributed by atoms with van der Waals surface area (Å²) in [6.45, 7) is 5.35. The van der Waals surface area contributed by atoms with Gasteiger partial charge in [0, 0.05) is 12.0 Å². The molecule has 0 spiro atoms. The third-order valence-electron chi connectivity index (χ3n) is 3.29. The molecule has 1 aliphatic heterocycles. The van der Waals surface area contributed by atoms with E-state index in [0.29, 0.717) is 24.5 Å². The maximum Gasteiger partial charge on any atom is 0.180 e. The van der Waals surface area contributed by atoms with E-state index in [1.807, 2.05) is 33.0 Å². The van der Waals surface area contributed by atoms with Crippen LogP contribution in [0.4, 0.5) is 0 Å². The quantitative estimate of drug-likeness (QED) is 0.847. The fourth-order valence-electron chi connectivity index (χ4n) is 2.26. The molecule has 19 heavy (non-hydrogen) atoms. The monoisotopic (exact) mass is 263 g/mol. The van der Waals surface area contributed by atoms with E-state index in [1.54, 1.807) is 6.07 Å². The molecule has 0 amide bonds. The average molecular weight is 263 g/mol. The van der Waals surface area contributed by atoms with Gasteiger partial charge in [-0.25, -0.2) is 0 Å². The Kier molecular flexibility index (Phi) is 4.43. The van der Waals surface area contributed by atoms with E-state index in [0.717, 1.165) is 12.2 Å². The molecule has 4 nitrogen and oxygen atoms in total. The first-order chi connectivity index (χ1) is 9.13. The van der Waals surface area contributed by atoms with Gasteiger partial charge in [-0.1, -0.05) is 13.8 Å². The molecule has 1 aromatic rings. The van der Waals surface area contributed by atoms with Gasteiger partial charge in [-0.2, -0.15) is 0 Å². The van der Waals surface area contributed by atoms with Crippen LogP contribution in [0.15, 0.2) is 18.2 Å². The first kappa shape index (κ1) is 13.9. The average Bonchev–Trinajstić information content (AvgIpc) is 2.63. The number of hydrogen-bond acceptors (Lipinski definition) is 4. The molecule has 4 heteroatoms. The zero-order chi connectivity index (χ0) is 13.8. The van der Waals surface area contributed by atoms with Crippen molar-refractivity contribution < 1.29 is 14.3 Å². The molecule has 1 heterocycles. The van der Waals surface area contributed by atoms with Crippen LogP contribution in [-0.4, -0.2) is 32.1 Å². The highest BCUT2D eigenvalue weighted by Crippen LogP contribution is 2.31. The van der Waals surface area contributed by atoms with Gasteiger partial charge in [0.1, 0.15) is 0 Å². The lowest BCUT2D eigenvalue weighted by molar-refractivity contribution is 0.0922. The Balaban J connectivity index is 2.26. The third-order valence-corrected chi connectivity index (χ3v) is 3.29. The molecule has 104 valence electrons. The summed E-state index contributed by atoms with van der Waals surface area (Å²) in [5.74, 6) is 1.73. The summed E-state index contributed by atoms with van der Waals surface area (Å²) in [4.78, 5) is 12.4. The van der Waals surface area contributed by atoms with Gasteiger partial charge >= 0.3 is 0 Å². The van der Waals surface area contributed by atoms with Crippen LogP contribution in [0.3, 0.4) is 0 Å². The van der Waals surface area contributed by atoms with E-state index in [4.69, 9.17) is 9.47 Å². The predicted molar refractivity (Wildman–Crippen MR) is 74.1 cm³/mol. The summed E-state index contributed by atoms with van der Waals surface area (Å²) in [6.07, 6.45) is 0.864. The lowest BCUT2D eigenvalue weighted by Crippen LogP contribution is -2.38. The lowest BCUT2D eigenvalue weighted by atomic mass is 9.95. The van der Waals surface area contributed by atoms with E-state index in [9.17, 15) is 4.79 Å². The highest BCUT2D eigenvalue weighted by molar-refractivity contribution is 6.00. The Morgan fingerprint density at radius 2 is 1.89 bits per heavy atom. The van der Waals surface area contributed by atoms with Gasteiger partial charge in [-0.05, 0) is 31.2 Å². The van der Waals surface area contributed by atoms with Gasteiger partial charge in [-0.15, -0.1) is 0 Å². The van der Waals surface area contributed by atoms with Crippen LogP contribution >= 0.6 is 0 Å². The minimum Gasteiger partial charge on any atom is -0.490 e. The number of hydrogen-bond donors (Lipinski definition) is 1. The van der Waals surface area contributed by atoms with Crippen LogP contribution < -0.4 is 14.8 Å². The SMILES string of the molecule is CNC(C(=O)c1ccc2c(c1)OCCCO2)C(C)C. The van der Waals surface area contributed by atoms with E-state index < -0.39 is 0 Å². The zero-order valence-corrected chi connectivity index (χ0v) is 11.7. The summed E-state index contributed by atoms with van der Waals surface area (Å²) in [7, 11) is 1.81. The minimum absolute atomic E-state index is 0.0909. The molecule has 0 radical (unpaired) electrons. The van der Waals surface area contributed by atoms with E-state index in [-0.39, 0.29) is 17.7 Å². The van der Waals surface area contributed by atoms with Crippen molar-refractivity contribution in [2.75, 3.05) is 20.3 Å². The molecule has 0 bridgehead atoms. The molecule has 1 aliphatic rings. The van der Waals surface area contributed by atoms with Gasteiger partial charge in [0.15, 0.2) is 17.3 Å². The largest absolute Gasteiger partial charge is 0.490 e. The number of benzene rings is 1. The second-order valence-corrected chi connectivity index (χ2v) is 5.09. The maximum absolute atomic E-state index is 12.4. The van der Waals surface area contributed by atoms with Crippen molar-refractivity contribution in [3.05, 3.63) is 23.8 Å². The van der Waals surface area contributed by atoms with Gasteiger partial charge < -0.3 is 14.8 Å². The third kappa shape index (κ3) is 3.07. The van der Waals surface area contributed by atoms with Crippen molar-refractivity contribution in [3.8, 4) is 11.5 Å². The standard InChI is InChI=1S/C15H21NO3/c1-10(2)14(16-3)15(17)11-5-6-12-13(9-11)19-8-4-7-18-12/h5-6,9-10,14,16H,4,7-8H2,1-3H3. The fraction of sp³-hybridized carbons (Fsp3) is 0.533. The number of ketones is 1. The summed E-state index contributed by atoms with van der Waals surface area (Å²) in [6, 6.07) is 5.24. The Labute approximate surface area is 114 Å². The van der Waals surface area contributed by atoms with Crippen LogP contribution in [0.1, 0.15) is 30.6 Å².